The van der Waals surface area contributed by atoms with Gasteiger partial charge in [-0.25, -0.2) is 4.98 Å². The molecule has 3 aromatic rings. The van der Waals surface area contributed by atoms with Gasteiger partial charge in [-0.05, 0) is 24.3 Å². The molecule has 0 spiro atoms. The molecule has 0 unspecified atom stereocenters. The molecule has 0 amide bonds. The van der Waals surface area contributed by atoms with Crippen LogP contribution < -0.4 is 11.5 Å². The highest BCUT2D eigenvalue weighted by Crippen LogP contribution is 2.31. The number of anilines is 1. The standard InChI is InChI=1S/C16H14N6/c17-15(18)10-5-7-12(8-6-10)21-22-14-13-4-2-1-3-11(13)9-20-16(14)19/h1-9H,(H3,17,18)(H2,19,20)/b22-21+. The fourth-order valence-corrected chi connectivity index (χ4v) is 2.08. The summed E-state index contributed by atoms with van der Waals surface area (Å²) in [6.45, 7) is 0. The summed E-state index contributed by atoms with van der Waals surface area (Å²) in [5.41, 5.74) is 13.2. The van der Waals surface area contributed by atoms with E-state index in [1.807, 2.05) is 24.3 Å². The van der Waals surface area contributed by atoms with Crippen molar-refractivity contribution in [3.63, 3.8) is 0 Å². The lowest BCUT2D eigenvalue weighted by atomic mass is 10.1. The number of hydrogen-bond acceptors (Lipinski definition) is 5. The summed E-state index contributed by atoms with van der Waals surface area (Å²) in [4.78, 5) is 4.14. The molecule has 3 rings (SSSR count). The minimum absolute atomic E-state index is 0.0194. The smallest absolute Gasteiger partial charge is 0.151 e. The Morgan fingerprint density at radius 3 is 2.45 bits per heavy atom. The Labute approximate surface area is 127 Å². The average molecular weight is 290 g/mol. The molecule has 0 bridgehead atoms. The average Bonchev–Trinajstić information content (AvgIpc) is 2.54. The molecule has 0 aliphatic heterocycles. The van der Waals surface area contributed by atoms with Crippen LogP contribution in [0.2, 0.25) is 0 Å². The van der Waals surface area contributed by atoms with E-state index in [0.717, 1.165) is 10.8 Å². The molecule has 6 nitrogen and oxygen atoms in total. The minimum atomic E-state index is 0.0194. The first-order valence-electron chi connectivity index (χ1n) is 6.64. The highest BCUT2D eigenvalue weighted by atomic mass is 15.1. The van der Waals surface area contributed by atoms with Gasteiger partial charge >= 0.3 is 0 Å². The lowest BCUT2D eigenvalue weighted by Crippen LogP contribution is -2.10. The summed E-state index contributed by atoms with van der Waals surface area (Å²) >= 11 is 0. The van der Waals surface area contributed by atoms with E-state index in [4.69, 9.17) is 16.9 Å². The zero-order valence-electron chi connectivity index (χ0n) is 11.7. The van der Waals surface area contributed by atoms with Crippen LogP contribution in [0.15, 0.2) is 65.0 Å². The van der Waals surface area contributed by atoms with Gasteiger partial charge in [0, 0.05) is 22.5 Å². The lowest BCUT2D eigenvalue weighted by Gasteiger charge is -2.03. The molecule has 5 N–H and O–H groups in total. The van der Waals surface area contributed by atoms with Crippen LogP contribution in [0.5, 0.6) is 0 Å². The SMILES string of the molecule is N=C(N)c1ccc(/N=N/c2c(N)ncc3ccccc23)cc1. The maximum atomic E-state index is 7.36. The van der Waals surface area contributed by atoms with Crippen LogP contribution >= 0.6 is 0 Å². The van der Waals surface area contributed by atoms with Crippen molar-refractivity contribution in [3.8, 4) is 0 Å². The predicted molar refractivity (Wildman–Crippen MR) is 87.8 cm³/mol. The summed E-state index contributed by atoms with van der Waals surface area (Å²) < 4.78 is 0. The first-order valence-corrected chi connectivity index (χ1v) is 6.64. The molecule has 0 aliphatic rings. The van der Waals surface area contributed by atoms with Crippen molar-refractivity contribution in [1.29, 1.82) is 5.41 Å². The van der Waals surface area contributed by atoms with Crippen molar-refractivity contribution < 1.29 is 0 Å². The summed E-state index contributed by atoms with van der Waals surface area (Å²) in [5.74, 6) is 0.355. The topological polar surface area (TPSA) is 114 Å². The van der Waals surface area contributed by atoms with Crippen LogP contribution in [-0.4, -0.2) is 10.8 Å². The molecule has 6 heteroatoms. The van der Waals surface area contributed by atoms with E-state index >= 15 is 0 Å². The van der Waals surface area contributed by atoms with Crippen LogP contribution in [0, 0.1) is 5.41 Å². The normalized spacial score (nSPS) is 11.1. The summed E-state index contributed by atoms with van der Waals surface area (Å²) in [5, 5.41) is 17.6. The van der Waals surface area contributed by atoms with Gasteiger partial charge in [0.1, 0.15) is 11.5 Å². The van der Waals surface area contributed by atoms with Gasteiger partial charge in [-0.3, -0.25) is 5.41 Å². The van der Waals surface area contributed by atoms with Gasteiger partial charge in [0.05, 0.1) is 5.69 Å². The molecular formula is C16H14N6. The second-order valence-corrected chi connectivity index (χ2v) is 4.74. The number of hydrogen-bond donors (Lipinski definition) is 3. The molecule has 2 aromatic carbocycles. The summed E-state index contributed by atoms with van der Waals surface area (Å²) in [6.07, 6.45) is 1.71. The van der Waals surface area contributed by atoms with Crippen LogP contribution in [-0.2, 0) is 0 Å². The van der Waals surface area contributed by atoms with Crippen molar-refractivity contribution >= 4 is 33.8 Å². The first kappa shape index (κ1) is 13.7. The monoisotopic (exact) mass is 290 g/mol. The van der Waals surface area contributed by atoms with E-state index in [1.54, 1.807) is 30.5 Å². The third-order valence-electron chi connectivity index (χ3n) is 3.25. The molecule has 0 atom stereocenters. The van der Waals surface area contributed by atoms with Crippen molar-refractivity contribution in [1.82, 2.24) is 4.98 Å². The fourth-order valence-electron chi connectivity index (χ4n) is 2.08. The Morgan fingerprint density at radius 1 is 1.00 bits per heavy atom. The number of nitrogens with one attached hydrogen (secondary N) is 1. The van der Waals surface area contributed by atoms with E-state index in [0.29, 0.717) is 22.8 Å². The molecule has 1 heterocycles. The maximum Gasteiger partial charge on any atom is 0.151 e. The Balaban J connectivity index is 1.98. The second kappa shape index (κ2) is 5.61. The number of nitrogens with zero attached hydrogens (tertiary/aromatic N) is 3. The molecule has 108 valence electrons. The molecular weight excluding hydrogens is 276 g/mol. The predicted octanol–water partition coefficient (Wildman–Crippen LogP) is 3.52. The van der Waals surface area contributed by atoms with E-state index in [-0.39, 0.29) is 5.84 Å². The largest absolute Gasteiger partial charge is 0.384 e. The number of pyridine rings is 1. The van der Waals surface area contributed by atoms with Crippen LogP contribution in [0.4, 0.5) is 17.2 Å². The van der Waals surface area contributed by atoms with E-state index in [2.05, 4.69) is 15.2 Å². The molecule has 0 saturated carbocycles. The van der Waals surface area contributed by atoms with Crippen molar-refractivity contribution in [2.75, 3.05) is 5.73 Å². The van der Waals surface area contributed by atoms with E-state index < -0.39 is 0 Å². The van der Waals surface area contributed by atoms with Crippen molar-refractivity contribution in [3.05, 3.63) is 60.3 Å². The molecule has 0 saturated heterocycles. The number of amidine groups is 1. The number of nitrogens with two attached hydrogens (primary N) is 2. The van der Waals surface area contributed by atoms with Gasteiger partial charge in [-0.15, -0.1) is 5.11 Å². The van der Waals surface area contributed by atoms with Gasteiger partial charge < -0.3 is 11.5 Å². The Hall–Kier alpha value is -3.28. The van der Waals surface area contributed by atoms with Crippen LogP contribution in [0.3, 0.4) is 0 Å². The van der Waals surface area contributed by atoms with Gasteiger partial charge in [0.2, 0.25) is 0 Å². The van der Waals surface area contributed by atoms with Gasteiger partial charge in [0.25, 0.3) is 0 Å². The molecule has 1 aromatic heterocycles. The molecule has 22 heavy (non-hydrogen) atoms. The lowest BCUT2D eigenvalue weighted by molar-refractivity contribution is 1.22. The summed E-state index contributed by atoms with van der Waals surface area (Å²) in [6, 6.07) is 14.7. The zero-order chi connectivity index (χ0) is 15.5. The fraction of sp³-hybridized carbons (Fsp3) is 0. The Morgan fingerprint density at radius 2 is 1.73 bits per heavy atom. The van der Waals surface area contributed by atoms with Crippen molar-refractivity contribution in [2.24, 2.45) is 16.0 Å². The minimum Gasteiger partial charge on any atom is -0.384 e. The van der Waals surface area contributed by atoms with Gasteiger partial charge in [-0.1, -0.05) is 24.3 Å². The molecule has 0 aliphatic carbocycles. The van der Waals surface area contributed by atoms with E-state index in [1.165, 1.54) is 0 Å². The third kappa shape index (κ3) is 2.62. The Bertz CT molecular complexity index is 867. The van der Waals surface area contributed by atoms with Gasteiger partial charge in [-0.2, -0.15) is 5.11 Å². The Kier molecular flexibility index (Phi) is 3.49. The summed E-state index contributed by atoms with van der Waals surface area (Å²) in [7, 11) is 0. The zero-order valence-corrected chi connectivity index (χ0v) is 11.7. The number of fused-ring (bicyclic) bond motifs is 1. The number of azo groups is 1. The van der Waals surface area contributed by atoms with Crippen molar-refractivity contribution in [2.45, 2.75) is 0 Å². The first-order chi connectivity index (χ1) is 10.6. The maximum absolute atomic E-state index is 7.36. The van der Waals surface area contributed by atoms with Gasteiger partial charge in [0.15, 0.2) is 5.82 Å². The molecule has 0 radical (unpaired) electrons. The molecule has 0 fully saturated rings. The highest BCUT2D eigenvalue weighted by molar-refractivity contribution is 5.96. The second-order valence-electron chi connectivity index (χ2n) is 4.74. The third-order valence-corrected chi connectivity index (χ3v) is 3.25. The number of aromatic nitrogens is 1. The van der Waals surface area contributed by atoms with E-state index in [9.17, 15) is 0 Å². The number of benzene rings is 2. The van der Waals surface area contributed by atoms with Crippen LogP contribution in [0.25, 0.3) is 10.8 Å². The highest BCUT2D eigenvalue weighted by Gasteiger charge is 2.05. The van der Waals surface area contributed by atoms with Crippen LogP contribution in [0.1, 0.15) is 5.56 Å². The quantitative estimate of drug-likeness (QED) is 0.389. The number of nitrogen functional groups attached to an aromatic ring is 2. The number of rotatable bonds is 3.